The molecule has 2 nitrogen and oxygen atoms in total. The van der Waals surface area contributed by atoms with Crippen molar-refractivity contribution in [1.82, 2.24) is 0 Å². The Morgan fingerprint density at radius 3 is 2.31 bits per heavy atom. The molecule has 0 spiro atoms. The standard InChI is InChI=1S/C27H48O2/c1-6-20(28)9-7-18(2)22-11-12-23-21-10-8-19-17-25(3,29)15-16-26(19,4)24(21)13-14-27(22,23)5/h18-24,28-29H,6-17H2,1-5H3/t18-,19-,20+,21?,22-,23+,24+,25+,26+,27-/m1/s1. The minimum atomic E-state index is -0.420. The molecule has 29 heavy (non-hydrogen) atoms. The molecule has 10 atom stereocenters. The highest BCUT2D eigenvalue weighted by atomic mass is 16.3. The van der Waals surface area contributed by atoms with E-state index in [0.29, 0.717) is 10.8 Å². The zero-order chi connectivity index (χ0) is 21.0. The second kappa shape index (κ2) is 7.80. The molecule has 168 valence electrons. The van der Waals surface area contributed by atoms with Crippen LogP contribution < -0.4 is 0 Å². The van der Waals surface area contributed by atoms with E-state index in [1.807, 2.05) is 0 Å². The lowest BCUT2D eigenvalue weighted by Crippen LogP contribution is -2.55. The summed E-state index contributed by atoms with van der Waals surface area (Å²) in [6, 6.07) is 0. The Balaban J connectivity index is 1.48. The molecule has 0 amide bonds. The van der Waals surface area contributed by atoms with Gasteiger partial charge in [0.1, 0.15) is 0 Å². The molecular weight excluding hydrogens is 356 g/mol. The lowest BCUT2D eigenvalue weighted by atomic mass is 9.43. The Labute approximate surface area is 180 Å². The highest BCUT2D eigenvalue weighted by molar-refractivity contribution is 5.10. The fraction of sp³-hybridized carbons (Fsp3) is 1.00. The third-order valence-electron chi connectivity index (χ3n) is 11.1. The van der Waals surface area contributed by atoms with Gasteiger partial charge in [0.05, 0.1) is 11.7 Å². The average Bonchev–Trinajstić information content (AvgIpc) is 3.03. The first-order valence-electron chi connectivity index (χ1n) is 13.0. The van der Waals surface area contributed by atoms with Crippen molar-refractivity contribution in [2.24, 2.45) is 46.3 Å². The molecule has 2 heteroatoms. The molecule has 4 rings (SSSR count). The predicted octanol–water partition coefficient (Wildman–Crippen LogP) is 6.58. The SMILES string of the molecule is CC[C@H](O)CC[C@@H](C)[C@H]1CC[C@H]2C3CC[C@@H]4C[C@@](C)(O)CC[C@]4(C)[C@H]3CC[C@]12C. The molecule has 4 aliphatic carbocycles. The molecule has 0 aromatic carbocycles. The van der Waals surface area contributed by atoms with Gasteiger partial charge in [0.25, 0.3) is 0 Å². The topological polar surface area (TPSA) is 40.5 Å². The highest BCUT2D eigenvalue weighted by Gasteiger charge is 2.61. The van der Waals surface area contributed by atoms with Crippen LogP contribution in [0.15, 0.2) is 0 Å². The maximum atomic E-state index is 10.7. The predicted molar refractivity (Wildman–Crippen MR) is 121 cm³/mol. The minimum absolute atomic E-state index is 0.100. The second-order valence-electron chi connectivity index (χ2n) is 12.7. The first-order chi connectivity index (χ1) is 13.6. The quantitative estimate of drug-likeness (QED) is 0.543. The Morgan fingerprint density at radius 1 is 0.862 bits per heavy atom. The molecule has 4 aliphatic rings. The maximum absolute atomic E-state index is 10.7. The van der Waals surface area contributed by atoms with Crippen LogP contribution in [0.5, 0.6) is 0 Å². The summed E-state index contributed by atoms with van der Waals surface area (Å²) in [6.45, 7) is 11.9. The van der Waals surface area contributed by atoms with Crippen LogP contribution in [0.25, 0.3) is 0 Å². The van der Waals surface area contributed by atoms with Crippen molar-refractivity contribution in [3.05, 3.63) is 0 Å². The maximum Gasteiger partial charge on any atom is 0.0622 e. The van der Waals surface area contributed by atoms with Gasteiger partial charge in [0.15, 0.2) is 0 Å². The van der Waals surface area contributed by atoms with Gasteiger partial charge < -0.3 is 10.2 Å². The summed E-state index contributed by atoms with van der Waals surface area (Å²) in [5.74, 6) is 5.09. The summed E-state index contributed by atoms with van der Waals surface area (Å²) < 4.78 is 0. The van der Waals surface area contributed by atoms with E-state index in [9.17, 15) is 10.2 Å². The van der Waals surface area contributed by atoms with E-state index in [-0.39, 0.29) is 6.10 Å². The Morgan fingerprint density at radius 2 is 1.59 bits per heavy atom. The van der Waals surface area contributed by atoms with Crippen LogP contribution in [0, 0.1) is 46.3 Å². The summed E-state index contributed by atoms with van der Waals surface area (Å²) in [5, 5.41) is 20.8. The van der Waals surface area contributed by atoms with Gasteiger partial charge in [0, 0.05) is 0 Å². The van der Waals surface area contributed by atoms with Crippen molar-refractivity contribution in [2.75, 3.05) is 0 Å². The first-order valence-corrected chi connectivity index (χ1v) is 13.0. The van der Waals surface area contributed by atoms with Gasteiger partial charge in [-0.25, -0.2) is 0 Å². The highest BCUT2D eigenvalue weighted by Crippen LogP contribution is 2.68. The van der Waals surface area contributed by atoms with Crippen LogP contribution in [-0.4, -0.2) is 21.9 Å². The van der Waals surface area contributed by atoms with E-state index in [0.717, 1.165) is 61.2 Å². The summed E-state index contributed by atoms with van der Waals surface area (Å²) in [7, 11) is 0. The van der Waals surface area contributed by atoms with Gasteiger partial charge in [0.2, 0.25) is 0 Å². The smallest absolute Gasteiger partial charge is 0.0622 e. The molecular formula is C27H48O2. The first kappa shape index (κ1) is 22.1. The summed E-state index contributed by atoms with van der Waals surface area (Å²) in [4.78, 5) is 0. The fourth-order valence-electron chi connectivity index (χ4n) is 9.27. The van der Waals surface area contributed by atoms with Crippen molar-refractivity contribution in [1.29, 1.82) is 0 Å². The minimum Gasteiger partial charge on any atom is -0.393 e. The molecule has 2 N–H and O–H groups in total. The molecule has 0 heterocycles. The average molecular weight is 405 g/mol. The molecule has 1 unspecified atom stereocenters. The van der Waals surface area contributed by atoms with Crippen LogP contribution in [0.2, 0.25) is 0 Å². The van der Waals surface area contributed by atoms with Crippen LogP contribution in [0.4, 0.5) is 0 Å². The number of hydrogen-bond acceptors (Lipinski definition) is 2. The molecule has 0 aromatic heterocycles. The molecule has 0 bridgehead atoms. The van der Waals surface area contributed by atoms with Crippen LogP contribution in [-0.2, 0) is 0 Å². The number of rotatable bonds is 5. The lowest BCUT2D eigenvalue weighted by molar-refractivity contribution is -0.148. The van der Waals surface area contributed by atoms with Crippen LogP contribution in [0.1, 0.15) is 112 Å². The van der Waals surface area contributed by atoms with Crippen molar-refractivity contribution in [3.8, 4) is 0 Å². The number of hydrogen-bond donors (Lipinski definition) is 2. The fourth-order valence-corrected chi connectivity index (χ4v) is 9.27. The van der Waals surface area contributed by atoms with E-state index in [2.05, 4.69) is 34.6 Å². The van der Waals surface area contributed by atoms with Gasteiger partial charge in [-0.05, 0) is 130 Å². The Kier molecular flexibility index (Phi) is 5.95. The van der Waals surface area contributed by atoms with Crippen molar-refractivity contribution in [3.63, 3.8) is 0 Å². The number of aliphatic hydroxyl groups excluding tert-OH is 1. The van der Waals surface area contributed by atoms with E-state index in [1.54, 1.807) is 0 Å². The largest absolute Gasteiger partial charge is 0.393 e. The molecule has 0 aliphatic heterocycles. The van der Waals surface area contributed by atoms with Gasteiger partial charge in [-0.3, -0.25) is 0 Å². The summed E-state index contributed by atoms with van der Waals surface area (Å²) in [6.07, 6.45) is 14.7. The normalized spacial score (nSPS) is 51.6. The number of aliphatic hydroxyl groups is 2. The molecule has 0 radical (unpaired) electrons. The van der Waals surface area contributed by atoms with Crippen molar-refractivity contribution >= 4 is 0 Å². The summed E-state index contributed by atoms with van der Waals surface area (Å²) in [5.41, 5.74) is 0.583. The van der Waals surface area contributed by atoms with Gasteiger partial charge in [-0.1, -0.05) is 27.7 Å². The molecule has 4 fully saturated rings. The molecule has 0 aromatic rings. The van der Waals surface area contributed by atoms with Crippen molar-refractivity contribution in [2.45, 2.75) is 123 Å². The zero-order valence-corrected chi connectivity index (χ0v) is 19.9. The van der Waals surface area contributed by atoms with Crippen molar-refractivity contribution < 1.29 is 10.2 Å². The van der Waals surface area contributed by atoms with Gasteiger partial charge in [-0.15, -0.1) is 0 Å². The monoisotopic (exact) mass is 404 g/mol. The Bertz CT molecular complexity index is 585. The van der Waals surface area contributed by atoms with Crippen LogP contribution in [0.3, 0.4) is 0 Å². The van der Waals surface area contributed by atoms with Crippen LogP contribution >= 0.6 is 0 Å². The van der Waals surface area contributed by atoms with Gasteiger partial charge in [-0.2, -0.15) is 0 Å². The Hall–Kier alpha value is -0.0800. The zero-order valence-electron chi connectivity index (χ0n) is 19.9. The third kappa shape index (κ3) is 3.73. The lowest BCUT2D eigenvalue weighted by Gasteiger charge is -2.62. The van der Waals surface area contributed by atoms with E-state index < -0.39 is 5.60 Å². The van der Waals surface area contributed by atoms with Gasteiger partial charge >= 0.3 is 0 Å². The van der Waals surface area contributed by atoms with E-state index in [1.165, 1.54) is 51.4 Å². The third-order valence-corrected chi connectivity index (χ3v) is 11.1. The summed E-state index contributed by atoms with van der Waals surface area (Å²) >= 11 is 0. The van der Waals surface area contributed by atoms with E-state index in [4.69, 9.17) is 0 Å². The van der Waals surface area contributed by atoms with E-state index >= 15 is 0 Å². The number of fused-ring (bicyclic) bond motifs is 5. The molecule has 0 saturated heterocycles. The second-order valence-corrected chi connectivity index (χ2v) is 12.7. The molecule has 4 saturated carbocycles.